The third-order valence-corrected chi connectivity index (χ3v) is 5.45. The summed E-state index contributed by atoms with van der Waals surface area (Å²) >= 11 is 0. The minimum atomic E-state index is -0.184. The van der Waals surface area contributed by atoms with Crippen LogP contribution in [0.5, 0.6) is 0 Å². The third-order valence-electron chi connectivity index (χ3n) is 5.45. The lowest BCUT2D eigenvalue weighted by atomic mass is 9.97. The SMILES string of the molecule is CCN(CC(=O)Nc1ccc(N2CCOCC2)cc1)C(=O)CC(C)c1ccccc1. The van der Waals surface area contributed by atoms with Gasteiger partial charge >= 0.3 is 0 Å². The maximum atomic E-state index is 12.7. The first-order valence-electron chi connectivity index (χ1n) is 10.6. The number of hydrogen-bond donors (Lipinski definition) is 1. The molecule has 1 saturated heterocycles. The van der Waals surface area contributed by atoms with E-state index in [0.29, 0.717) is 13.0 Å². The van der Waals surface area contributed by atoms with E-state index in [1.807, 2.05) is 68.4 Å². The molecular formula is C24H31N3O3. The molecule has 6 nitrogen and oxygen atoms in total. The van der Waals surface area contributed by atoms with Gasteiger partial charge in [0, 0.05) is 37.4 Å². The van der Waals surface area contributed by atoms with Crippen LogP contribution in [0.1, 0.15) is 31.7 Å². The quantitative estimate of drug-likeness (QED) is 0.725. The molecule has 2 amide bonds. The molecule has 1 N–H and O–H groups in total. The van der Waals surface area contributed by atoms with Gasteiger partial charge in [-0.05, 0) is 42.7 Å². The van der Waals surface area contributed by atoms with Crippen molar-refractivity contribution >= 4 is 23.2 Å². The number of morpholine rings is 1. The van der Waals surface area contributed by atoms with E-state index in [0.717, 1.165) is 43.2 Å². The lowest BCUT2D eigenvalue weighted by Gasteiger charge is -2.29. The number of carbonyl (C=O) groups excluding carboxylic acids is 2. The molecule has 0 aliphatic carbocycles. The van der Waals surface area contributed by atoms with Crippen LogP contribution in [-0.2, 0) is 14.3 Å². The summed E-state index contributed by atoms with van der Waals surface area (Å²) < 4.78 is 5.38. The van der Waals surface area contributed by atoms with Gasteiger partial charge in [-0.3, -0.25) is 9.59 Å². The van der Waals surface area contributed by atoms with Gasteiger partial charge in [0.2, 0.25) is 11.8 Å². The fourth-order valence-electron chi connectivity index (χ4n) is 3.62. The Kier molecular flexibility index (Phi) is 7.85. The number of likely N-dealkylation sites (N-methyl/N-ethyl adjacent to an activating group) is 1. The van der Waals surface area contributed by atoms with Crippen molar-refractivity contribution < 1.29 is 14.3 Å². The Morgan fingerprint density at radius 3 is 2.37 bits per heavy atom. The van der Waals surface area contributed by atoms with Gasteiger partial charge in [-0.15, -0.1) is 0 Å². The predicted octanol–water partition coefficient (Wildman–Crippen LogP) is 3.50. The van der Waals surface area contributed by atoms with Crippen LogP contribution in [0.15, 0.2) is 54.6 Å². The molecule has 30 heavy (non-hydrogen) atoms. The van der Waals surface area contributed by atoms with Gasteiger partial charge in [-0.25, -0.2) is 0 Å². The molecule has 2 aromatic carbocycles. The lowest BCUT2D eigenvalue weighted by molar-refractivity contribution is -0.134. The third kappa shape index (κ3) is 6.07. The van der Waals surface area contributed by atoms with Crippen LogP contribution in [0.25, 0.3) is 0 Å². The standard InChI is InChI=1S/C24H31N3O3/c1-3-26(24(29)17-19(2)20-7-5-4-6-8-20)18-23(28)25-21-9-11-22(12-10-21)27-13-15-30-16-14-27/h4-12,19H,3,13-18H2,1-2H3,(H,25,28). The van der Waals surface area contributed by atoms with Crippen molar-refractivity contribution in [2.75, 3.05) is 49.6 Å². The van der Waals surface area contributed by atoms with E-state index >= 15 is 0 Å². The summed E-state index contributed by atoms with van der Waals surface area (Å²) in [5.74, 6) is -0.0769. The number of amides is 2. The van der Waals surface area contributed by atoms with Crippen LogP contribution in [0.2, 0.25) is 0 Å². The number of rotatable bonds is 8. The Bertz CT molecular complexity index is 817. The Morgan fingerprint density at radius 1 is 1.07 bits per heavy atom. The highest BCUT2D eigenvalue weighted by Crippen LogP contribution is 2.20. The van der Waals surface area contributed by atoms with E-state index in [2.05, 4.69) is 10.2 Å². The van der Waals surface area contributed by atoms with Crippen molar-refractivity contribution in [2.45, 2.75) is 26.2 Å². The van der Waals surface area contributed by atoms with Crippen molar-refractivity contribution in [3.8, 4) is 0 Å². The van der Waals surface area contributed by atoms with E-state index in [1.165, 1.54) is 0 Å². The molecule has 3 rings (SSSR count). The van der Waals surface area contributed by atoms with E-state index in [9.17, 15) is 9.59 Å². The smallest absolute Gasteiger partial charge is 0.243 e. The summed E-state index contributed by atoms with van der Waals surface area (Å²) in [5.41, 5.74) is 2.99. The van der Waals surface area contributed by atoms with Gasteiger partial charge in [0.05, 0.1) is 19.8 Å². The number of carbonyl (C=O) groups is 2. The molecule has 0 saturated carbocycles. The van der Waals surface area contributed by atoms with Crippen LogP contribution in [0.4, 0.5) is 11.4 Å². The zero-order valence-electron chi connectivity index (χ0n) is 17.8. The number of anilines is 2. The second-order valence-corrected chi connectivity index (χ2v) is 7.62. The number of ether oxygens (including phenoxy) is 1. The summed E-state index contributed by atoms with van der Waals surface area (Å²) in [6.45, 7) is 7.73. The first-order chi connectivity index (χ1) is 14.6. The molecule has 0 radical (unpaired) electrons. The van der Waals surface area contributed by atoms with Gasteiger partial charge in [0.15, 0.2) is 0 Å². The first kappa shape index (κ1) is 21.8. The Morgan fingerprint density at radius 2 is 1.73 bits per heavy atom. The number of hydrogen-bond acceptors (Lipinski definition) is 4. The van der Waals surface area contributed by atoms with Crippen LogP contribution < -0.4 is 10.2 Å². The van der Waals surface area contributed by atoms with Crippen LogP contribution >= 0.6 is 0 Å². The molecule has 1 unspecified atom stereocenters. The molecule has 0 spiro atoms. The van der Waals surface area contributed by atoms with Gasteiger partial charge in [0.1, 0.15) is 0 Å². The predicted molar refractivity (Wildman–Crippen MR) is 120 cm³/mol. The summed E-state index contributed by atoms with van der Waals surface area (Å²) in [4.78, 5) is 29.1. The highest BCUT2D eigenvalue weighted by Gasteiger charge is 2.19. The van der Waals surface area contributed by atoms with Crippen LogP contribution in [0.3, 0.4) is 0 Å². The van der Waals surface area contributed by atoms with E-state index in [4.69, 9.17) is 4.74 Å². The van der Waals surface area contributed by atoms with Crippen molar-refractivity contribution in [1.82, 2.24) is 4.90 Å². The monoisotopic (exact) mass is 409 g/mol. The van der Waals surface area contributed by atoms with E-state index in [1.54, 1.807) is 4.90 Å². The molecule has 6 heteroatoms. The Hall–Kier alpha value is -2.86. The summed E-state index contributed by atoms with van der Waals surface area (Å²) in [5, 5.41) is 2.90. The van der Waals surface area contributed by atoms with Gasteiger partial charge in [-0.1, -0.05) is 37.3 Å². The zero-order chi connectivity index (χ0) is 21.3. The van der Waals surface area contributed by atoms with Crippen molar-refractivity contribution in [1.29, 1.82) is 0 Å². The first-order valence-corrected chi connectivity index (χ1v) is 10.6. The average molecular weight is 410 g/mol. The summed E-state index contributed by atoms with van der Waals surface area (Å²) in [6, 6.07) is 17.8. The summed E-state index contributed by atoms with van der Waals surface area (Å²) in [6.07, 6.45) is 0.388. The Labute approximate surface area is 178 Å². The van der Waals surface area contributed by atoms with Gasteiger partial charge in [0.25, 0.3) is 0 Å². The molecule has 1 atom stereocenters. The Balaban J connectivity index is 1.51. The van der Waals surface area contributed by atoms with Crippen molar-refractivity contribution in [2.24, 2.45) is 0 Å². The molecule has 0 bridgehead atoms. The molecule has 160 valence electrons. The second kappa shape index (κ2) is 10.8. The molecule has 1 fully saturated rings. The number of nitrogens with zero attached hydrogens (tertiary/aromatic N) is 2. The normalized spacial score (nSPS) is 14.8. The zero-order valence-corrected chi connectivity index (χ0v) is 17.8. The maximum Gasteiger partial charge on any atom is 0.243 e. The second-order valence-electron chi connectivity index (χ2n) is 7.62. The fraction of sp³-hybridized carbons (Fsp3) is 0.417. The largest absolute Gasteiger partial charge is 0.378 e. The minimum Gasteiger partial charge on any atom is -0.378 e. The topological polar surface area (TPSA) is 61.9 Å². The van der Waals surface area contributed by atoms with Crippen molar-refractivity contribution in [3.05, 3.63) is 60.2 Å². The van der Waals surface area contributed by atoms with Crippen LogP contribution in [0, 0.1) is 0 Å². The minimum absolute atomic E-state index is 0.00771. The average Bonchev–Trinajstić information content (AvgIpc) is 2.79. The molecule has 1 heterocycles. The molecule has 0 aromatic heterocycles. The van der Waals surface area contributed by atoms with Gasteiger partial charge < -0.3 is 19.9 Å². The molecular weight excluding hydrogens is 378 g/mol. The van der Waals surface area contributed by atoms with Gasteiger partial charge in [-0.2, -0.15) is 0 Å². The molecule has 1 aliphatic heterocycles. The maximum absolute atomic E-state index is 12.7. The van der Waals surface area contributed by atoms with E-state index in [-0.39, 0.29) is 24.3 Å². The number of benzene rings is 2. The summed E-state index contributed by atoms with van der Waals surface area (Å²) in [7, 11) is 0. The molecule has 2 aromatic rings. The fourth-order valence-corrected chi connectivity index (χ4v) is 3.62. The van der Waals surface area contributed by atoms with Crippen molar-refractivity contribution in [3.63, 3.8) is 0 Å². The lowest BCUT2D eigenvalue weighted by Crippen LogP contribution is -2.38. The highest BCUT2D eigenvalue weighted by molar-refractivity contribution is 5.94. The molecule has 1 aliphatic rings. The van der Waals surface area contributed by atoms with E-state index < -0.39 is 0 Å². The van der Waals surface area contributed by atoms with Crippen LogP contribution in [-0.4, -0.2) is 56.1 Å². The highest BCUT2D eigenvalue weighted by atomic mass is 16.5. The number of nitrogens with one attached hydrogen (secondary N) is 1.